The van der Waals surface area contributed by atoms with Gasteiger partial charge in [0.15, 0.2) is 5.11 Å². The van der Waals surface area contributed by atoms with E-state index in [0.29, 0.717) is 0 Å². The smallest absolute Gasteiger partial charge is 0.184 e. The monoisotopic (exact) mass is 145 g/mol. The third-order valence-electron chi connectivity index (χ3n) is 1.20. The van der Waals surface area contributed by atoms with E-state index in [1.165, 1.54) is 0 Å². The van der Waals surface area contributed by atoms with E-state index in [0.717, 1.165) is 24.7 Å². The molecule has 0 spiro atoms. The maximum Gasteiger partial charge on any atom is 0.184 e. The Balaban J connectivity index is 2.31. The van der Waals surface area contributed by atoms with Gasteiger partial charge >= 0.3 is 0 Å². The molecule has 0 radical (unpaired) electrons. The van der Waals surface area contributed by atoms with Gasteiger partial charge in [0.1, 0.15) is 0 Å². The van der Waals surface area contributed by atoms with Crippen LogP contribution in [-0.4, -0.2) is 23.3 Å². The molecule has 1 saturated heterocycles. The maximum absolute atomic E-state index is 4.96. The molecule has 3 nitrogen and oxygen atoms in total. The topological polar surface area (TPSA) is 27.3 Å². The summed E-state index contributed by atoms with van der Waals surface area (Å²) in [7, 11) is 0. The molecule has 0 aromatic carbocycles. The van der Waals surface area contributed by atoms with Gasteiger partial charge < -0.3 is 5.32 Å². The predicted molar refractivity (Wildman–Crippen MR) is 40.7 cm³/mol. The van der Waals surface area contributed by atoms with Gasteiger partial charge in [0, 0.05) is 6.54 Å². The van der Waals surface area contributed by atoms with Crippen molar-refractivity contribution < 1.29 is 0 Å². The minimum Gasteiger partial charge on any atom is -0.347 e. The van der Waals surface area contributed by atoms with Crippen molar-refractivity contribution in [2.75, 3.05) is 13.2 Å². The fourth-order valence-corrected chi connectivity index (χ4v) is 1.01. The van der Waals surface area contributed by atoms with Crippen molar-refractivity contribution in [2.24, 2.45) is 0 Å². The first-order chi connectivity index (χ1) is 4.34. The van der Waals surface area contributed by atoms with E-state index in [-0.39, 0.29) is 0 Å². The molecule has 52 valence electrons. The Morgan fingerprint density at radius 3 is 3.00 bits per heavy atom. The summed E-state index contributed by atoms with van der Waals surface area (Å²) in [5.41, 5.74) is 3.09. The van der Waals surface area contributed by atoms with Crippen LogP contribution in [0.3, 0.4) is 0 Å². The molecule has 0 bridgehead atoms. The SMILES string of the molecule is CCCN1NCNC1=S. The molecule has 0 aromatic heterocycles. The summed E-state index contributed by atoms with van der Waals surface area (Å²) in [6, 6.07) is 0. The predicted octanol–water partition coefficient (Wildman–Crippen LogP) is 0.0486. The van der Waals surface area contributed by atoms with Crippen LogP contribution in [0.15, 0.2) is 0 Å². The lowest BCUT2D eigenvalue weighted by Crippen LogP contribution is -2.34. The highest BCUT2D eigenvalue weighted by Gasteiger charge is 2.12. The van der Waals surface area contributed by atoms with Crippen LogP contribution in [0, 0.1) is 0 Å². The second-order valence-electron chi connectivity index (χ2n) is 1.97. The van der Waals surface area contributed by atoms with Gasteiger partial charge in [0.25, 0.3) is 0 Å². The summed E-state index contributed by atoms with van der Waals surface area (Å²) in [4.78, 5) is 0. The molecule has 1 aliphatic heterocycles. The number of nitrogens with one attached hydrogen (secondary N) is 2. The Labute approximate surface area is 60.4 Å². The highest BCUT2D eigenvalue weighted by Crippen LogP contribution is 1.91. The standard InChI is InChI=1S/C5H11N3S/c1-2-3-8-5(9)6-4-7-8/h7H,2-4H2,1H3,(H,6,9). The van der Waals surface area contributed by atoms with Crippen LogP contribution >= 0.6 is 12.2 Å². The van der Waals surface area contributed by atoms with Gasteiger partial charge in [-0.1, -0.05) is 6.92 Å². The van der Waals surface area contributed by atoms with Gasteiger partial charge in [-0.2, -0.15) is 0 Å². The summed E-state index contributed by atoms with van der Waals surface area (Å²) in [6.45, 7) is 3.90. The quantitative estimate of drug-likeness (QED) is 0.537. The molecule has 1 aliphatic rings. The Morgan fingerprint density at radius 1 is 1.78 bits per heavy atom. The number of nitrogens with zero attached hydrogens (tertiary/aromatic N) is 1. The molecule has 1 rings (SSSR count). The lowest BCUT2D eigenvalue weighted by atomic mass is 10.5. The summed E-state index contributed by atoms with van der Waals surface area (Å²) in [5.74, 6) is 0. The minimum atomic E-state index is 0.777. The molecule has 1 heterocycles. The van der Waals surface area contributed by atoms with Crippen LogP contribution in [0.25, 0.3) is 0 Å². The van der Waals surface area contributed by atoms with Gasteiger partial charge in [-0.15, -0.1) is 0 Å². The lowest BCUT2D eigenvalue weighted by molar-refractivity contribution is 0.352. The number of hydrogen-bond acceptors (Lipinski definition) is 2. The van der Waals surface area contributed by atoms with E-state index in [1.54, 1.807) is 0 Å². The van der Waals surface area contributed by atoms with Crippen LogP contribution in [-0.2, 0) is 0 Å². The fraction of sp³-hybridized carbons (Fsp3) is 0.800. The van der Waals surface area contributed by atoms with Crippen LogP contribution < -0.4 is 10.7 Å². The van der Waals surface area contributed by atoms with Crippen LogP contribution in [0.1, 0.15) is 13.3 Å². The van der Waals surface area contributed by atoms with E-state index in [2.05, 4.69) is 17.7 Å². The van der Waals surface area contributed by atoms with Gasteiger partial charge in [-0.25, -0.2) is 5.43 Å². The molecule has 0 aromatic rings. The summed E-state index contributed by atoms with van der Waals surface area (Å²) in [5, 5.41) is 5.77. The Bertz CT molecular complexity index is 115. The second kappa shape index (κ2) is 2.98. The average Bonchev–Trinajstić information content (AvgIpc) is 2.18. The molecule has 0 atom stereocenters. The summed E-state index contributed by atoms with van der Waals surface area (Å²) in [6.07, 6.45) is 1.12. The third-order valence-corrected chi connectivity index (χ3v) is 1.57. The molecule has 2 N–H and O–H groups in total. The maximum atomic E-state index is 4.96. The number of rotatable bonds is 2. The van der Waals surface area contributed by atoms with E-state index < -0.39 is 0 Å². The molecule has 0 amide bonds. The third kappa shape index (κ3) is 1.53. The lowest BCUT2D eigenvalue weighted by Gasteiger charge is -2.13. The number of hydrogen-bond donors (Lipinski definition) is 2. The van der Waals surface area contributed by atoms with Crippen molar-refractivity contribution in [1.29, 1.82) is 0 Å². The van der Waals surface area contributed by atoms with E-state index >= 15 is 0 Å². The van der Waals surface area contributed by atoms with E-state index in [4.69, 9.17) is 12.2 Å². The number of thiocarbonyl (C=S) groups is 1. The minimum absolute atomic E-state index is 0.777. The first-order valence-corrected chi connectivity index (χ1v) is 3.54. The molecule has 1 fully saturated rings. The largest absolute Gasteiger partial charge is 0.347 e. The van der Waals surface area contributed by atoms with Crippen molar-refractivity contribution in [3.8, 4) is 0 Å². The van der Waals surface area contributed by atoms with Crippen molar-refractivity contribution in [3.63, 3.8) is 0 Å². The van der Waals surface area contributed by atoms with Crippen molar-refractivity contribution in [1.82, 2.24) is 15.8 Å². The fourth-order valence-electron chi connectivity index (χ4n) is 0.782. The Morgan fingerprint density at radius 2 is 2.56 bits per heavy atom. The first kappa shape index (κ1) is 6.77. The van der Waals surface area contributed by atoms with Gasteiger partial charge in [-0.3, -0.25) is 5.01 Å². The zero-order chi connectivity index (χ0) is 6.69. The highest BCUT2D eigenvalue weighted by atomic mass is 32.1. The van der Waals surface area contributed by atoms with Gasteiger partial charge in [0.2, 0.25) is 0 Å². The Kier molecular flexibility index (Phi) is 2.24. The van der Waals surface area contributed by atoms with Crippen molar-refractivity contribution >= 4 is 17.3 Å². The molecule has 0 aliphatic carbocycles. The molecule has 9 heavy (non-hydrogen) atoms. The van der Waals surface area contributed by atoms with Crippen LogP contribution in [0.4, 0.5) is 0 Å². The zero-order valence-corrected chi connectivity index (χ0v) is 6.29. The normalized spacial score (nSPS) is 18.3. The molecule has 0 unspecified atom stereocenters. The van der Waals surface area contributed by atoms with Crippen LogP contribution in [0.2, 0.25) is 0 Å². The van der Waals surface area contributed by atoms with E-state index in [9.17, 15) is 0 Å². The molecule has 0 saturated carbocycles. The Hall–Kier alpha value is -0.350. The average molecular weight is 145 g/mol. The van der Waals surface area contributed by atoms with Gasteiger partial charge in [0.05, 0.1) is 6.67 Å². The van der Waals surface area contributed by atoms with E-state index in [1.807, 2.05) is 5.01 Å². The van der Waals surface area contributed by atoms with Gasteiger partial charge in [-0.05, 0) is 18.6 Å². The molecule has 4 heteroatoms. The number of hydrazine groups is 1. The van der Waals surface area contributed by atoms with Crippen molar-refractivity contribution in [3.05, 3.63) is 0 Å². The summed E-state index contributed by atoms with van der Waals surface area (Å²) >= 11 is 4.96. The molecular formula is C5H11N3S. The molecular weight excluding hydrogens is 134 g/mol. The van der Waals surface area contributed by atoms with Crippen molar-refractivity contribution in [2.45, 2.75) is 13.3 Å². The summed E-state index contributed by atoms with van der Waals surface area (Å²) < 4.78 is 0. The van der Waals surface area contributed by atoms with Crippen LogP contribution in [0.5, 0.6) is 0 Å². The zero-order valence-electron chi connectivity index (χ0n) is 5.48. The second-order valence-corrected chi connectivity index (χ2v) is 2.36. The first-order valence-electron chi connectivity index (χ1n) is 3.13. The highest BCUT2D eigenvalue weighted by molar-refractivity contribution is 7.80.